The molecule has 3 N–H and O–H groups in total. The number of pyridine rings is 1. The Morgan fingerprint density at radius 3 is 2.48 bits per heavy atom. The summed E-state index contributed by atoms with van der Waals surface area (Å²) in [5.74, 6) is -0.199. The minimum atomic E-state index is -0.233. The van der Waals surface area contributed by atoms with Gasteiger partial charge in [0.15, 0.2) is 0 Å². The zero-order chi connectivity index (χ0) is 18.1. The Labute approximate surface area is 141 Å². The van der Waals surface area contributed by atoms with Crippen molar-refractivity contribution in [3.8, 4) is 0 Å². The quantitative estimate of drug-likeness (QED) is 0.544. The maximum absolute atomic E-state index is 11.2. The van der Waals surface area contributed by atoms with E-state index < -0.39 is 0 Å². The number of methoxy groups -OCH3 is 1. The number of hydrogen-bond acceptors (Lipinski definition) is 6. The van der Waals surface area contributed by atoms with E-state index in [1.807, 2.05) is 13.8 Å². The van der Waals surface area contributed by atoms with Gasteiger partial charge in [-0.25, -0.2) is 0 Å². The molecule has 1 aromatic rings. The molecule has 0 fully saturated rings. The lowest BCUT2D eigenvalue weighted by molar-refractivity contribution is -0.126. The van der Waals surface area contributed by atoms with Crippen molar-refractivity contribution in [1.29, 1.82) is 5.41 Å². The van der Waals surface area contributed by atoms with Crippen LogP contribution < -0.4 is 10.6 Å². The first-order chi connectivity index (χ1) is 11.0. The third kappa shape index (κ3) is 13.0. The minimum absolute atomic E-state index is 0.199. The topological polar surface area (TPSA) is 104 Å². The summed E-state index contributed by atoms with van der Waals surface area (Å²) in [6.07, 6.45) is 5.06. The number of hydrogen-bond donors (Lipinski definition) is 3. The number of allylic oxidation sites excluding steroid dienone is 1. The molecule has 0 radical (unpaired) electrons. The van der Waals surface area contributed by atoms with Crippen LogP contribution in [0.3, 0.4) is 0 Å². The molecule has 0 atom stereocenters. The minimum Gasteiger partial charge on any atom is -0.471 e. The standard InChI is InChI=1S/C11H13ClN4O.C2H4O2.C2H6/c1-2-10(17)16-9(11(12)13)7-15-8-4-3-5-14-6-8;1-4-2-3;1-2/h3-7,13,15H,2H2,1H3,(H,16,17);2H,1H3;1-2H3/b9-7+,13-11?;;. The van der Waals surface area contributed by atoms with Crippen molar-refractivity contribution in [1.82, 2.24) is 10.3 Å². The van der Waals surface area contributed by atoms with Crippen LogP contribution >= 0.6 is 11.6 Å². The van der Waals surface area contributed by atoms with Gasteiger partial charge in [-0.05, 0) is 12.1 Å². The highest BCUT2D eigenvalue weighted by Gasteiger charge is 2.05. The number of aromatic nitrogens is 1. The number of carbonyl (C=O) groups is 2. The fraction of sp³-hybridized carbons (Fsp3) is 0.333. The number of ether oxygens (including phenoxy) is 1. The van der Waals surface area contributed by atoms with Gasteiger partial charge < -0.3 is 15.4 Å². The molecule has 0 unspecified atom stereocenters. The van der Waals surface area contributed by atoms with Crippen LogP contribution in [-0.4, -0.2) is 29.6 Å². The van der Waals surface area contributed by atoms with Crippen molar-refractivity contribution in [3.05, 3.63) is 36.4 Å². The summed E-state index contributed by atoms with van der Waals surface area (Å²) in [5, 5.41) is 12.5. The first kappa shape index (κ1) is 22.9. The average molecular weight is 343 g/mol. The van der Waals surface area contributed by atoms with Crippen LogP contribution in [0.5, 0.6) is 0 Å². The van der Waals surface area contributed by atoms with Crippen molar-refractivity contribution in [2.24, 2.45) is 0 Å². The summed E-state index contributed by atoms with van der Waals surface area (Å²) in [5.41, 5.74) is 0.969. The van der Waals surface area contributed by atoms with Gasteiger partial charge in [0, 0.05) is 18.8 Å². The molecule has 0 spiro atoms. The second-order valence-corrected chi connectivity index (χ2v) is 3.87. The monoisotopic (exact) mass is 342 g/mol. The Bertz CT molecular complexity index is 493. The van der Waals surface area contributed by atoms with Gasteiger partial charge in [-0.1, -0.05) is 32.4 Å². The lowest BCUT2D eigenvalue weighted by Gasteiger charge is -2.07. The Kier molecular flexibility index (Phi) is 15.9. The Balaban J connectivity index is 0. The number of amides is 1. The van der Waals surface area contributed by atoms with Crippen molar-refractivity contribution < 1.29 is 14.3 Å². The molecule has 0 bridgehead atoms. The Morgan fingerprint density at radius 2 is 2.09 bits per heavy atom. The van der Waals surface area contributed by atoms with Crippen molar-refractivity contribution in [2.75, 3.05) is 12.4 Å². The molecule has 1 amide bonds. The molecule has 23 heavy (non-hydrogen) atoms. The number of carbonyl (C=O) groups excluding carboxylic acids is 2. The fourth-order valence-corrected chi connectivity index (χ4v) is 1.10. The molecule has 0 aliphatic rings. The Hall–Kier alpha value is -2.41. The molecule has 1 aromatic heterocycles. The normalized spacial score (nSPS) is 9.17. The second kappa shape index (κ2) is 16.0. The van der Waals surface area contributed by atoms with E-state index >= 15 is 0 Å². The lowest BCUT2D eigenvalue weighted by Crippen LogP contribution is -2.25. The molecule has 0 aliphatic carbocycles. The molecular weight excluding hydrogens is 320 g/mol. The van der Waals surface area contributed by atoms with Crippen molar-refractivity contribution >= 4 is 34.8 Å². The van der Waals surface area contributed by atoms with E-state index in [2.05, 4.69) is 20.4 Å². The molecule has 0 aromatic carbocycles. The lowest BCUT2D eigenvalue weighted by atomic mass is 10.4. The van der Waals surface area contributed by atoms with E-state index in [9.17, 15) is 4.79 Å². The molecule has 0 aliphatic heterocycles. The van der Waals surface area contributed by atoms with Crippen molar-refractivity contribution in [2.45, 2.75) is 27.2 Å². The summed E-state index contributed by atoms with van der Waals surface area (Å²) in [6, 6.07) is 3.58. The van der Waals surface area contributed by atoms with Gasteiger partial charge in [-0.2, -0.15) is 0 Å². The Morgan fingerprint density at radius 1 is 1.48 bits per heavy atom. The smallest absolute Gasteiger partial charge is 0.292 e. The van der Waals surface area contributed by atoms with Crippen LogP contribution in [0.1, 0.15) is 27.2 Å². The molecular formula is C15H23ClN4O3. The maximum Gasteiger partial charge on any atom is 0.292 e. The first-order valence-electron chi connectivity index (χ1n) is 6.92. The van der Waals surface area contributed by atoms with Crippen LogP contribution in [-0.2, 0) is 14.3 Å². The molecule has 0 saturated carbocycles. The summed E-state index contributed by atoms with van der Waals surface area (Å²) >= 11 is 5.56. The molecule has 128 valence electrons. The van der Waals surface area contributed by atoms with Crippen molar-refractivity contribution in [3.63, 3.8) is 0 Å². The molecule has 7 nitrogen and oxygen atoms in total. The van der Waals surface area contributed by atoms with Gasteiger partial charge in [0.2, 0.25) is 5.91 Å². The largest absolute Gasteiger partial charge is 0.471 e. The van der Waals surface area contributed by atoms with Crippen LogP contribution in [0.15, 0.2) is 36.4 Å². The van der Waals surface area contributed by atoms with Gasteiger partial charge in [0.1, 0.15) is 5.17 Å². The van der Waals surface area contributed by atoms with Gasteiger partial charge in [-0.15, -0.1) is 0 Å². The maximum atomic E-state index is 11.2. The van der Waals surface area contributed by atoms with E-state index in [0.29, 0.717) is 12.9 Å². The summed E-state index contributed by atoms with van der Waals surface area (Å²) in [6.45, 7) is 6.10. The molecule has 1 heterocycles. The third-order valence-corrected chi connectivity index (χ3v) is 2.18. The van der Waals surface area contributed by atoms with E-state index in [1.165, 1.54) is 13.3 Å². The van der Waals surface area contributed by atoms with E-state index in [0.717, 1.165) is 5.69 Å². The highest BCUT2D eigenvalue weighted by molar-refractivity contribution is 6.68. The summed E-state index contributed by atoms with van der Waals surface area (Å²) in [7, 11) is 1.31. The predicted molar refractivity (Wildman–Crippen MR) is 92.4 cm³/mol. The van der Waals surface area contributed by atoms with E-state index in [4.69, 9.17) is 21.8 Å². The number of nitrogens with zero attached hydrogens (tertiary/aromatic N) is 1. The fourth-order valence-electron chi connectivity index (χ4n) is 0.997. The van der Waals surface area contributed by atoms with E-state index in [1.54, 1.807) is 31.5 Å². The molecule has 0 saturated heterocycles. The predicted octanol–water partition coefficient (Wildman–Crippen LogP) is 2.89. The van der Waals surface area contributed by atoms with E-state index in [-0.39, 0.29) is 16.8 Å². The first-order valence-corrected chi connectivity index (χ1v) is 7.30. The molecule has 1 rings (SSSR count). The summed E-state index contributed by atoms with van der Waals surface area (Å²) in [4.78, 5) is 24.1. The SMILES string of the molecule is CC.CCC(=O)N/C(=C/Nc1cccnc1)C(=N)Cl.COC=O. The number of nitrogens with one attached hydrogen (secondary N) is 3. The van der Waals surface area contributed by atoms with Gasteiger partial charge >= 0.3 is 0 Å². The zero-order valence-electron chi connectivity index (χ0n) is 13.7. The highest BCUT2D eigenvalue weighted by Crippen LogP contribution is 2.05. The van der Waals surface area contributed by atoms with Crippen LogP contribution in [0.25, 0.3) is 0 Å². The number of halogens is 1. The second-order valence-electron chi connectivity index (χ2n) is 3.49. The van der Waals surface area contributed by atoms with Gasteiger partial charge in [-0.3, -0.25) is 20.0 Å². The van der Waals surface area contributed by atoms with Crippen LogP contribution in [0.2, 0.25) is 0 Å². The highest BCUT2D eigenvalue weighted by atomic mass is 35.5. The third-order valence-electron chi connectivity index (χ3n) is 1.97. The van der Waals surface area contributed by atoms with Crippen LogP contribution in [0, 0.1) is 5.41 Å². The zero-order valence-corrected chi connectivity index (χ0v) is 14.5. The van der Waals surface area contributed by atoms with Gasteiger partial charge in [0.25, 0.3) is 6.47 Å². The molecule has 8 heteroatoms. The average Bonchev–Trinajstić information content (AvgIpc) is 2.60. The number of rotatable bonds is 6. The van der Waals surface area contributed by atoms with Gasteiger partial charge in [0.05, 0.1) is 24.7 Å². The van der Waals surface area contributed by atoms with Crippen LogP contribution in [0.4, 0.5) is 5.69 Å². The number of anilines is 1. The summed E-state index contributed by atoms with van der Waals surface area (Å²) < 4.78 is 3.86.